The van der Waals surface area contributed by atoms with E-state index in [1.807, 2.05) is 42.6 Å². The number of hydrogen-bond acceptors (Lipinski definition) is 6. The van der Waals surface area contributed by atoms with Gasteiger partial charge in [-0.25, -0.2) is 9.67 Å². The maximum Gasteiger partial charge on any atom is 0.0948 e. The first-order chi connectivity index (χ1) is 10.3. The maximum absolute atomic E-state index is 5.72. The van der Waals surface area contributed by atoms with Crippen molar-refractivity contribution in [1.29, 1.82) is 0 Å². The molecule has 3 N–H and O–H groups in total. The Bertz CT molecular complexity index is 705. The summed E-state index contributed by atoms with van der Waals surface area (Å²) in [5.74, 6) is 5.72. The molecular weight excluding hydrogens is 284 g/mol. The van der Waals surface area contributed by atoms with Gasteiger partial charge < -0.3 is 0 Å². The van der Waals surface area contributed by atoms with Crippen molar-refractivity contribution in [2.75, 3.05) is 0 Å². The lowest BCUT2D eigenvalue weighted by molar-refractivity contribution is 0.520. The molecule has 2 aromatic heterocycles. The second-order valence-corrected chi connectivity index (χ2v) is 5.65. The number of nitrogens with zero attached hydrogens (tertiary/aromatic N) is 4. The number of aryl methyl sites for hydroxylation is 1. The standard InChI is InChI=1S/C14H16N6S/c1-10-9-21-14(17-10)7-12(18-15)13-8-16-19-20(13)11-5-3-2-4-6-11/h2-6,8-9,12,18H,7,15H2,1H3. The molecule has 0 amide bonds. The van der Waals surface area contributed by atoms with Crippen LogP contribution in [0.2, 0.25) is 0 Å². The van der Waals surface area contributed by atoms with Crippen LogP contribution in [0.3, 0.4) is 0 Å². The van der Waals surface area contributed by atoms with Gasteiger partial charge in [-0.3, -0.25) is 11.3 Å². The van der Waals surface area contributed by atoms with Gasteiger partial charge in [-0.05, 0) is 19.1 Å². The highest BCUT2D eigenvalue weighted by Gasteiger charge is 2.18. The van der Waals surface area contributed by atoms with Crippen LogP contribution < -0.4 is 11.3 Å². The molecule has 0 spiro atoms. The number of para-hydroxylation sites is 1. The van der Waals surface area contributed by atoms with E-state index in [0.717, 1.165) is 22.1 Å². The highest BCUT2D eigenvalue weighted by molar-refractivity contribution is 7.09. The fourth-order valence-corrected chi connectivity index (χ4v) is 2.99. The SMILES string of the molecule is Cc1csc(CC(NN)c2cnnn2-c2ccccc2)n1. The summed E-state index contributed by atoms with van der Waals surface area (Å²) in [5, 5.41) is 11.2. The number of thiazole rings is 1. The van der Waals surface area contributed by atoms with Crippen LogP contribution in [0.5, 0.6) is 0 Å². The topological polar surface area (TPSA) is 81.6 Å². The highest BCUT2D eigenvalue weighted by Crippen LogP contribution is 2.21. The molecular formula is C14H16N6S. The van der Waals surface area contributed by atoms with E-state index in [9.17, 15) is 0 Å². The molecule has 0 aliphatic heterocycles. The van der Waals surface area contributed by atoms with Crippen molar-refractivity contribution < 1.29 is 0 Å². The van der Waals surface area contributed by atoms with E-state index in [2.05, 4.69) is 20.7 Å². The molecule has 21 heavy (non-hydrogen) atoms. The minimum absolute atomic E-state index is 0.0919. The van der Waals surface area contributed by atoms with Gasteiger partial charge in [0.1, 0.15) is 0 Å². The average molecular weight is 300 g/mol. The molecule has 1 aromatic carbocycles. The van der Waals surface area contributed by atoms with E-state index in [-0.39, 0.29) is 6.04 Å². The van der Waals surface area contributed by atoms with Gasteiger partial charge in [0.05, 0.1) is 28.6 Å². The summed E-state index contributed by atoms with van der Waals surface area (Å²) >= 11 is 1.64. The normalized spacial score (nSPS) is 12.5. The predicted octanol–water partition coefficient (Wildman–Crippen LogP) is 1.78. The van der Waals surface area contributed by atoms with E-state index in [1.54, 1.807) is 22.2 Å². The first-order valence-electron chi connectivity index (χ1n) is 6.61. The van der Waals surface area contributed by atoms with Crippen LogP contribution >= 0.6 is 11.3 Å². The molecule has 0 aliphatic carbocycles. The largest absolute Gasteiger partial charge is 0.271 e. The number of benzene rings is 1. The molecule has 0 radical (unpaired) electrons. The molecule has 0 bridgehead atoms. The smallest absolute Gasteiger partial charge is 0.0948 e. The summed E-state index contributed by atoms with van der Waals surface area (Å²) in [6, 6.07) is 9.78. The van der Waals surface area contributed by atoms with Gasteiger partial charge in [0.2, 0.25) is 0 Å². The third-order valence-corrected chi connectivity index (χ3v) is 4.17. The third-order valence-electron chi connectivity index (χ3n) is 3.18. The van der Waals surface area contributed by atoms with Crippen LogP contribution in [-0.4, -0.2) is 20.0 Å². The molecule has 3 rings (SSSR count). The monoisotopic (exact) mass is 300 g/mol. The van der Waals surface area contributed by atoms with Gasteiger partial charge in [-0.2, -0.15) is 0 Å². The van der Waals surface area contributed by atoms with Crippen molar-refractivity contribution in [3.8, 4) is 5.69 Å². The lowest BCUT2D eigenvalue weighted by Crippen LogP contribution is -2.31. The van der Waals surface area contributed by atoms with Gasteiger partial charge in [0, 0.05) is 17.5 Å². The molecule has 0 aliphatic rings. The van der Waals surface area contributed by atoms with Crippen LogP contribution in [0.25, 0.3) is 5.69 Å². The van der Waals surface area contributed by atoms with Gasteiger partial charge in [-0.1, -0.05) is 23.4 Å². The van der Waals surface area contributed by atoms with Crippen molar-refractivity contribution in [3.63, 3.8) is 0 Å². The molecule has 1 unspecified atom stereocenters. The fraction of sp³-hybridized carbons (Fsp3) is 0.214. The Hall–Kier alpha value is -2.09. The lowest BCUT2D eigenvalue weighted by atomic mass is 10.1. The Balaban J connectivity index is 1.90. The minimum Gasteiger partial charge on any atom is -0.271 e. The molecule has 0 saturated heterocycles. The minimum atomic E-state index is -0.0919. The summed E-state index contributed by atoms with van der Waals surface area (Å²) in [6.07, 6.45) is 2.44. The molecule has 2 heterocycles. The Morgan fingerprint density at radius 2 is 2.14 bits per heavy atom. The first-order valence-corrected chi connectivity index (χ1v) is 7.49. The Kier molecular flexibility index (Phi) is 4.05. The molecule has 7 heteroatoms. The quantitative estimate of drug-likeness (QED) is 0.554. The second kappa shape index (κ2) is 6.13. The maximum atomic E-state index is 5.72. The summed E-state index contributed by atoms with van der Waals surface area (Å²) < 4.78 is 1.80. The van der Waals surface area contributed by atoms with Gasteiger partial charge in [-0.15, -0.1) is 16.4 Å². The highest BCUT2D eigenvalue weighted by atomic mass is 32.1. The number of aromatic nitrogens is 4. The predicted molar refractivity (Wildman–Crippen MR) is 82.0 cm³/mol. The molecule has 1 atom stereocenters. The molecule has 0 saturated carbocycles. The molecule has 6 nitrogen and oxygen atoms in total. The number of nitrogens with one attached hydrogen (secondary N) is 1. The molecule has 108 valence electrons. The van der Waals surface area contributed by atoms with Crippen molar-refractivity contribution in [3.05, 3.63) is 58.3 Å². The average Bonchev–Trinajstić information content (AvgIpc) is 3.14. The van der Waals surface area contributed by atoms with Crippen LogP contribution in [0.15, 0.2) is 41.9 Å². The number of rotatable bonds is 5. The van der Waals surface area contributed by atoms with E-state index in [1.165, 1.54) is 0 Å². The van der Waals surface area contributed by atoms with Crippen molar-refractivity contribution in [2.24, 2.45) is 5.84 Å². The summed E-state index contributed by atoms with van der Waals surface area (Å²) in [6.45, 7) is 1.99. The van der Waals surface area contributed by atoms with E-state index in [4.69, 9.17) is 5.84 Å². The van der Waals surface area contributed by atoms with Crippen LogP contribution in [-0.2, 0) is 6.42 Å². The van der Waals surface area contributed by atoms with Crippen molar-refractivity contribution in [2.45, 2.75) is 19.4 Å². The van der Waals surface area contributed by atoms with Crippen LogP contribution in [0, 0.1) is 6.92 Å². The summed E-state index contributed by atoms with van der Waals surface area (Å²) in [7, 11) is 0. The van der Waals surface area contributed by atoms with E-state index in [0.29, 0.717) is 6.42 Å². The number of nitrogens with two attached hydrogens (primary N) is 1. The first kappa shape index (κ1) is 13.9. The molecule has 0 fully saturated rings. The second-order valence-electron chi connectivity index (χ2n) is 4.71. The van der Waals surface area contributed by atoms with E-state index < -0.39 is 0 Å². The zero-order valence-corrected chi connectivity index (χ0v) is 12.4. The van der Waals surface area contributed by atoms with E-state index >= 15 is 0 Å². The zero-order chi connectivity index (χ0) is 14.7. The lowest BCUT2D eigenvalue weighted by Gasteiger charge is -2.15. The Morgan fingerprint density at radius 1 is 1.33 bits per heavy atom. The molecule has 3 aromatic rings. The summed E-state index contributed by atoms with van der Waals surface area (Å²) in [5.41, 5.74) is 5.74. The van der Waals surface area contributed by atoms with Crippen LogP contribution in [0.4, 0.5) is 0 Å². The number of hydrazine groups is 1. The van der Waals surface area contributed by atoms with Gasteiger partial charge in [0.25, 0.3) is 0 Å². The zero-order valence-electron chi connectivity index (χ0n) is 11.6. The van der Waals surface area contributed by atoms with Crippen LogP contribution in [0.1, 0.15) is 22.4 Å². The summed E-state index contributed by atoms with van der Waals surface area (Å²) in [4.78, 5) is 4.48. The Morgan fingerprint density at radius 3 is 2.81 bits per heavy atom. The van der Waals surface area contributed by atoms with Crippen molar-refractivity contribution >= 4 is 11.3 Å². The third kappa shape index (κ3) is 2.99. The Labute approximate surface area is 126 Å². The van der Waals surface area contributed by atoms with Crippen molar-refractivity contribution in [1.82, 2.24) is 25.4 Å². The van der Waals surface area contributed by atoms with Gasteiger partial charge >= 0.3 is 0 Å². The fourth-order valence-electron chi connectivity index (χ4n) is 2.17. The van der Waals surface area contributed by atoms with Gasteiger partial charge in [0.15, 0.2) is 0 Å². The number of hydrogen-bond donors (Lipinski definition) is 2.